The Morgan fingerprint density at radius 3 is 1.73 bits per heavy atom. The van der Waals surface area contributed by atoms with Gasteiger partial charge in [-0.1, -0.05) is 134 Å². The fourth-order valence-electron chi connectivity index (χ4n) is 13.0. The number of H-pyrrole nitrogens is 3. The van der Waals surface area contributed by atoms with E-state index in [1.807, 2.05) is 164 Å². The molecule has 8 aromatic heterocycles. The molecule has 12 nitrogen and oxygen atoms in total. The lowest BCUT2D eigenvalue weighted by atomic mass is 9.91. The van der Waals surface area contributed by atoms with E-state index < -0.39 is 12.2 Å². The second-order valence-corrected chi connectivity index (χ2v) is 22.0. The van der Waals surface area contributed by atoms with Crippen molar-refractivity contribution in [1.82, 2.24) is 40.2 Å². The van der Waals surface area contributed by atoms with Crippen LogP contribution in [-0.4, -0.2) is 67.5 Å². The number of aromatic hydroxyl groups is 2. The van der Waals surface area contributed by atoms with Crippen LogP contribution in [0.3, 0.4) is 0 Å². The molecule has 2 unspecified atom stereocenters. The van der Waals surface area contributed by atoms with E-state index in [-0.39, 0.29) is 11.5 Å². The van der Waals surface area contributed by atoms with Gasteiger partial charge >= 0.3 is 0 Å². The molecular weight excluding hydrogens is 1040 g/mol. The lowest BCUT2D eigenvalue weighted by Gasteiger charge is -2.22. The van der Waals surface area contributed by atoms with Crippen LogP contribution in [-0.2, 0) is 6.42 Å². The number of allylic oxidation sites excluding steroid dienone is 7. The molecule has 17 rings (SSSR count). The zero-order valence-electron chi connectivity index (χ0n) is 44.8. The largest absolute Gasteiger partial charge is 0.507 e. The molecule has 84 heavy (non-hydrogen) atoms. The van der Waals surface area contributed by atoms with E-state index in [0.29, 0.717) is 101 Å². The first-order chi connectivity index (χ1) is 41.2. The van der Waals surface area contributed by atoms with Crippen molar-refractivity contribution in [2.45, 2.75) is 25.0 Å². The summed E-state index contributed by atoms with van der Waals surface area (Å²) in [5, 5.41) is 59.2. The Bertz CT molecular complexity index is 5470. The second kappa shape index (κ2) is 18.3. The number of hydrogen-bond donors (Lipinski definition) is 8. The van der Waals surface area contributed by atoms with E-state index in [1.165, 1.54) is 0 Å². The lowest BCUT2D eigenvalue weighted by Crippen LogP contribution is -2.25. The van der Waals surface area contributed by atoms with Crippen LogP contribution >= 0.6 is 0 Å². The van der Waals surface area contributed by atoms with Gasteiger partial charge in [-0.25, -0.2) is 19.9 Å². The molecule has 5 aliphatic rings. The van der Waals surface area contributed by atoms with E-state index in [4.69, 9.17) is 19.9 Å². The van der Waals surface area contributed by atoms with Crippen molar-refractivity contribution in [1.29, 1.82) is 0 Å². The van der Waals surface area contributed by atoms with Crippen molar-refractivity contribution < 1.29 is 20.4 Å². The number of phenols is 1. The molecule has 10 heterocycles. The van der Waals surface area contributed by atoms with Gasteiger partial charge in [0.15, 0.2) is 0 Å². The Balaban J connectivity index is 0.862. The molecule has 12 aromatic rings. The maximum absolute atomic E-state index is 12.3. The third-order valence-corrected chi connectivity index (χ3v) is 17.3. The molecule has 0 fully saturated rings. The van der Waals surface area contributed by atoms with E-state index >= 15 is 0 Å². The molecule has 4 aromatic carbocycles. The summed E-state index contributed by atoms with van der Waals surface area (Å²) in [6, 6.07) is 50.3. The first-order valence-corrected chi connectivity index (χ1v) is 28.1. The van der Waals surface area contributed by atoms with E-state index in [1.54, 1.807) is 0 Å². The Kier molecular flexibility index (Phi) is 10.4. The fraction of sp³-hybridized carbons (Fsp3) is 0.0556. The Labute approximate surface area is 477 Å². The highest BCUT2D eigenvalue weighted by molar-refractivity contribution is 6.08. The third kappa shape index (κ3) is 7.41. The van der Waals surface area contributed by atoms with Gasteiger partial charge in [-0.15, -0.1) is 0 Å². The number of fused-ring (bicyclic) bond motifs is 26. The molecule has 2 aliphatic heterocycles. The van der Waals surface area contributed by atoms with Gasteiger partial charge in [-0.3, -0.25) is 0 Å². The number of nitrogens with one attached hydrogen (secondary N) is 4. The molecule has 24 bridgehead atoms. The minimum absolute atomic E-state index is 0.0942. The molecule has 0 spiro atoms. The molecule has 8 N–H and O–H groups in total. The maximum atomic E-state index is 12.3. The average molecular weight is 1090 g/mol. The summed E-state index contributed by atoms with van der Waals surface area (Å²) >= 11 is 0. The van der Waals surface area contributed by atoms with Gasteiger partial charge in [0, 0.05) is 127 Å². The molecule has 0 saturated carbocycles. The number of rotatable bonds is 2. The van der Waals surface area contributed by atoms with Crippen LogP contribution in [0.1, 0.15) is 34.5 Å². The van der Waals surface area contributed by atoms with Crippen LogP contribution in [0, 0.1) is 0 Å². The van der Waals surface area contributed by atoms with E-state index in [9.17, 15) is 20.4 Å². The molecule has 0 amide bonds. The van der Waals surface area contributed by atoms with Crippen molar-refractivity contribution in [3.8, 4) is 22.6 Å². The summed E-state index contributed by atoms with van der Waals surface area (Å²) in [7, 11) is 0. The fourth-order valence-corrected chi connectivity index (χ4v) is 13.0. The molecule has 12 heteroatoms. The van der Waals surface area contributed by atoms with Crippen molar-refractivity contribution in [3.05, 3.63) is 256 Å². The number of aliphatic hydroxyl groups is 2. The molecule has 0 radical (unpaired) electrons. The number of hydrogen-bond acceptors (Lipinski definition) is 9. The van der Waals surface area contributed by atoms with Gasteiger partial charge in [-0.05, 0) is 90.3 Å². The average Bonchev–Trinajstić information content (AvgIpc) is 4.56. The minimum Gasteiger partial charge on any atom is -0.507 e. The number of phenolic OH excluding ortho intramolecular Hbond substituents is 1. The van der Waals surface area contributed by atoms with Gasteiger partial charge in [0.2, 0.25) is 0 Å². The first-order valence-electron chi connectivity index (χ1n) is 28.1. The number of aliphatic hydroxyl groups excluding tert-OH is 2. The van der Waals surface area contributed by atoms with Crippen LogP contribution in [0.5, 0.6) is 11.5 Å². The predicted molar refractivity (Wildman–Crippen MR) is 336 cm³/mol. The topological polar surface area (TPSA) is 192 Å². The smallest absolute Gasteiger partial charge is 0.134 e. The SMILES string of the molecule is Oc1c2c3ccc4ccc5ccc(nc5c4n3)c3cccc(c3O)c3ccc([nH]3)c(-c3ccc(C4=c5ccc([nH]5)=C5C=CC=C(c6ccc7ccc8ccc(nc8c7n6)C6=CC=CC(=C7CC=C4N7)C6O)C5O)cc3)c3ccc([nH]3)c1C=CC2. The van der Waals surface area contributed by atoms with Gasteiger partial charge < -0.3 is 40.7 Å². The number of nitrogens with zero attached hydrogens (tertiary/aromatic N) is 4. The number of benzene rings is 4. The number of pyridine rings is 4. The molecule has 2 atom stereocenters. The lowest BCUT2D eigenvalue weighted by molar-refractivity contribution is 0.269. The number of aromatic amines is 3. The van der Waals surface area contributed by atoms with Crippen LogP contribution in [0.25, 0.3) is 127 Å². The standard InChI is InChI=1S/C72H48N8O4/c81-69-43-5-1-9-47(69)55-25-21-39-17-18-40-22-26-56(78-66(40)65(39)77-55)48-10-2-6-44(70(48)82)52-30-34-60(74-52)63(59-33-29-51(43)73-59)37-13-15-38(16-14-37)64-61-35-31-53(75-61)45-7-3-11-49(71(45)83)57-27-23-41-19-20-42-24-28-58(80-68(42)67(41)79-57)50-12-4-8-46(72(50)84)54-32-36-62(64)76-54/h1-11,13-29,31-36,69-70,73-76,81-84H,12,30H2. The van der Waals surface area contributed by atoms with Crippen molar-refractivity contribution in [2.75, 3.05) is 0 Å². The second-order valence-electron chi connectivity index (χ2n) is 22.0. The van der Waals surface area contributed by atoms with Gasteiger partial charge in [0.1, 0.15) is 23.7 Å². The normalized spacial score (nSPS) is 17.0. The Morgan fingerprint density at radius 1 is 0.452 bits per heavy atom. The highest BCUT2D eigenvalue weighted by Crippen LogP contribution is 2.40. The minimum atomic E-state index is -0.990. The third-order valence-electron chi connectivity index (χ3n) is 17.3. The monoisotopic (exact) mass is 1090 g/mol. The van der Waals surface area contributed by atoms with Crippen LogP contribution in [0.2, 0.25) is 0 Å². The molecule has 400 valence electrons. The van der Waals surface area contributed by atoms with Crippen molar-refractivity contribution >= 4 is 116 Å². The summed E-state index contributed by atoms with van der Waals surface area (Å²) in [6.45, 7) is 0. The van der Waals surface area contributed by atoms with Crippen molar-refractivity contribution in [3.63, 3.8) is 0 Å². The van der Waals surface area contributed by atoms with Crippen LogP contribution in [0.15, 0.2) is 217 Å². The number of aromatic nitrogens is 7. The summed E-state index contributed by atoms with van der Waals surface area (Å²) in [4.78, 5) is 31.8. The van der Waals surface area contributed by atoms with E-state index in [0.717, 1.165) is 88.0 Å². The maximum Gasteiger partial charge on any atom is 0.134 e. The predicted octanol–water partition coefficient (Wildman–Crippen LogP) is 12.6. The van der Waals surface area contributed by atoms with Crippen molar-refractivity contribution in [2.24, 2.45) is 0 Å². The van der Waals surface area contributed by atoms with Gasteiger partial charge in [0.05, 0.1) is 44.5 Å². The van der Waals surface area contributed by atoms with Gasteiger partial charge in [-0.2, -0.15) is 0 Å². The zero-order valence-corrected chi connectivity index (χ0v) is 44.8. The van der Waals surface area contributed by atoms with Crippen LogP contribution in [0.4, 0.5) is 0 Å². The summed E-state index contributed by atoms with van der Waals surface area (Å²) in [6.07, 6.45) is 16.9. The van der Waals surface area contributed by atoms with Gasteiger partial charge in [0.25, 0.3) is 0 Å². The molecule has 3 aliphatic carbocycles. The number of para-hydroxylation sites is 1. The molecule has 0 saturated heterocycles. The summed E-state index contributed by atoms with van der Waals surface area (Å²) < 4.78 is 0. The van der Waals surface area contributed by atoms with Crippen LogP contribution < -0.4 is 16.0 Å². The summed E-state index contributed by atoms with van der Waals surface area (Å²) in [5.74, 6) is 0.239. The van der Waals surface area contributed by atoms with E-state index in [2.05, 4.69) is 62.8 Å². The Hall–Kier alpha value is -10.9. The first kappa shape index (κ1) is 47.8. The zero-order chi connectivity index (χ0) is 55.9. The quantitative estimate of drug-likeness (QED) is 0.0778. The Morgan fingerprint density at radius 2 is 1.01 bits per heavy atom. The summed E-state index contributed by atoms with van der Waals surface area (Å²) in [5.41, 5.74) is 17.8. The highest BCUT2D eigenvalue weighted by atomic mass is 16.3. The molecular formula is C72H48N8O4. The highest BCUT2D eigenvalue weighted by Gasteiger charge is 2.28.